The van der Waals surface area contributed by atoms with Gasteiger partial charge in [-0.05, 0) is 38.5 Å². The molecule has 0 saturated carbocycles. The van der Waals surface area contributed by atoms with Crippen LogP contribution in [-0.4, -0.2) is 68.5 Å². The topological polar surface area (TPSA) is 108 Å². The maximum atomic E-state index is 13.0. The molecule has 2 N–H and O–H groups in total. The van der Waals surface area contributed by atoms with Crippen LogP contribution >= 0.6 is 7.82 Å². The summed E-state index contributed by atoms with van der Waals surface area (Å²) in [5.41, 5.74) is 0. The zero-order valence-electron chi connectivity index (χ0n) is 44.9. The predicted molar refractivity (Wildman–Crippen MR) is 284 cm³/mol. The first kappa shape index (κ1) is 65.2. The molecule has 3 unspecified atom stereocenters. The summed E-state index contributed by atoms with van der Waals surface area (Å²) in [6, 6.07) is -0.800. The van der Waals surface area contributed by atoms with Crippen molar-refractivity contribution >= 4 is 13.7 Å². The van der Waals surface area contributed by atoms with Crippen molar-refractivity contribution in [3.05, 3.63) is 12.2 Å². The van der Waals surface area contributed by atoms with Crippen LogP contribution in [0.15, 0.2) is 12.2 Å². The first-order valence-corrected chi connectivity index (χ1v) is 30.5. The molecule has 8 nitrogen and oxygen atoms in total. The summed E-state index contributed by atoms with van der Waals surface area (Å²) < 4.78 is 23.4. The molecule has 0 aromatic rings. The summed E-state index contributed by atoms with van der Waals surface area (Å²) in [5.74, 6) is -0.165. The number of carbonyl (C=O) groups is 1. The second kappa shape index (κ2) is 49.2. The predicted octanol–water partition coefficient (Wildman–Crippen LogP) is 16.8. The van der Waals surface area contributed by atoms with Gasteiger partial charge in [0.05, 0.1) is 39.9 Å². The van der Waals surface area contributed by atoms with Crippen LogP contribution in [0.2, 0.25) is 0 Å². The minimum atomic E-state index is -4.57. The quantitative estimate of drug-likeness (QED) is 0.0272. The lowest BCUT2D eigenvalue weighted by Gasteiger charge is -2.30. The van der Waals surface area contributed by atoms with Gasteiger partial charge in [-0.1, -0.05) is 264 Å². The lowest BCUT2D eigenvalue weighted by Crippen LogP contribution is -2.46. The Labute approximate surface area is 412 Å². The van der Waals surface area contributed by atoms with Crippen molar-refractivity contribution in [3.63, 3.8) is 0 Å². The Kier molecular flexibility index (Phi) is 48.7. The van der Waals surface area contributed by atoms with Gasteiger partial charge in [-0.3, -0.25) is 9.36 Å². The number of likely N-dealkylation sites (N-methyl/N-ethyl adjacent to an activating group) is 1. The lowest BCUT2D eigenvalue weighted by molar-refractivity contribution is -0.870. The van der Waals surface area contributed by atoms with E-state index in [1.807, 2.05) is 21.1 Å². The Morgan fingerprint density at radius 2 is 0.833 bits per heavy atom. The largest absolute Gasteiger partial charge is 0.756 e. The van der Waals surface area contributed by atoms with Crippen LogP contribution < -0.4 is 10.2 Å². The molecule has 0 saturated heterocycles. The number of allylic oxidation sites excluding steroid dienone is 2. The summed E-state index contributed by atoms with van der Waals surface area (Å²) in [7, 11) is 1.32. The highest BCUT2D eigenvalue weighted by Gasteiger charge is 2.24. The van der Waals surface area contributed by atoms with Gasteiger partial charge in [-0.2, -0.15) is 0 Å². The molecule has 0 aliphatic heterocycles. The number of amides is 1. The third-order valence-corrected chi connectivity index (χ3v) is 14.5. The van der Waals surface area contributed by atoms with Crippen molar-refractivity contribution in [2.45, 2.75) is 309 Å². The normalized spacial score (nSPS) is 14.0. The fourth-order valence-corrected chi connectivity index (χ4v) is 9.64. The van der Waals surface area contributed by atoms with Crippen molar-refractivity contribution in [3.8, 4) is 0 Å². The van der Waals surface area contributed by atoms with Crippen LogP contribution in [0.25, 0.3) is 0 Å². The molecule has 3 atom stereocenters. The van der Waals surface area contributed by atoms with E-state index in [0.29, 0.717) is 23.9 Å². The number of nitrogens with one attached hydrogen (secondary N) is 1. The van der Waals surface area contributed by atoms with Gasteiger partial charge in [0.1, 0.15) is 13.2 Å². The number of hydrogen-bond acceptors (Lipinski definition) is 6. The van der Waals surface area contributed by atoms with E-state index in [0.717, 1.165) is 38.5 Å². The summed E-state index contributed by atoms with van der Waals surface area (Å²) >= 11 is 0. The third-order valence-electron chi connectivity index (χ3n) is 13.5. The van der Waals surface area contributed by atoms with Crippen LogP contribution in [0, 0.1) is 0 Å². The van der Waals surface area contributed by atoms with E-state index in [1.54, 1.807) is 0 Å². The molecule has 0 aliphatic rings. The number of unbranched alkanes of at least 4 members (excludes halogenated alkanes) is 39. The Hall–Kier alpha value is -0.760. The van der Waals surface area contributed by atoms with E-state index in [-0.39, 0.29) is 19.1 Å². The van der Waals surface area contributed by atoms with Crippen LogP contribution in [0.4, 0.5) is 0 Å². The minimum absolute atomic E-state index is 0.0137. The molecule has 0 fully saturated rings. The highest BCUT2D eigenvalue weighted by molar-refractivity contribution is 7.45. The maximum Gasteiger partial charge on any atom is 0.268 e. The number of aliphatic hydroxyl groups excluding tert-OH is 1. The number of nitrogens with zero attached hydrogens (tertiary/aromatic N) is 1. The van der Waals surface area contributed by atoms with E-state index in [9.17, 15) is 19.4 Å². The van der Waals surface area contributed by atoms with E-state index in [1.165, 1.54) is 231 Å². The van der Waals surface area contributed by atoms with E-state index >= 15 is 0 Å². The highest BCUT2D eigenvalue weighted by atomic mass is 31.2. The van der Waals surface area contributed by atoms with Gasteiger partial charge in [0.15, 0.2) is 0 Å². The molecule has 0 spiro atoms. The molecule has 1 amide bonds. The molecule has 66 heavy (non-hydrogen) atoms. The smallest absolute Gasteiger partial charge is 0.268 e. The first-order chi connectivity index (χ1) is 32.0. The van der Waals surface area contributed by atoms with E-state index < -0.39 is 20.0 Å². The SMILES string of the molecule is CCCCCCCC/C=C\CCCCCCCCCC(=O)NC(COP(=O)([O-])OCC[N+](C)(C)C)C(O)CCCCCCCCCCCCCCCCCCCCCCCCCCCCC. The molecule has 394 valence electrons. The molecule has 0 aromatic carbocycles. The van der Waals surface area contributed by atoms with Crippen molar-refractivity contribution < 1.29 is 32.9 Å². The standard InChI is InChI=1S/C57H115N2O6P/c1-6-8-10-12-14-16-18-20-22-24-25-26-27-28-29-30-31-32-33-35-36-38-40-42-44-46-48-50-56(60)55(54-65-66(62,63)64-53-52-59(3,4)5)58-57(61)51-49-47-45-43-41-39-37-34-23-21-19-17-15-13-11-9-7-2/h21,23,55-56,60H,6-20,22,24-54H2,1-5H3,(H-,58,61,62,63)/b23-21-. The van der Waals surface area contributed by atoms with Crippen LogP contribution in [0.3, 0.4) is 0 Å². The molecular weight excluding hydrogens is 840 g/mol. The summed E-state index contributed by atoms with van der Waals surface area (Å²) in [6.45, 7) is 4.76. The van der Waals surface area contributed by atoms with Crippen molar-refractivity contribution in [1.29, 1.82) is 0 Å². The molecule has 0 aliphatic carbocycles. The summed E-state index contributed by atoms with van der Waals surface area (Å²) in [5, 5.41) is 14.0. The number of rotatable bonds is 54. The maximum absolute atomic E-state index is 13.0. The Balaban J connectivity index is 4.10. The van der Waals surface area contributed by atoms with Crippen molar-refractivity contribution in [1.82, 2.24) is 5.32 Å². The second-order valence-corrected chi connectivity index (χ2v) is 22.8. The average molecular weight is 956 g/mol. The summed E-state index contributed by atoms with van der Waals surface area (Å²) in [6.07, 6.45) is 59.6. The number of aliphatic hydroxyl groups is 1. The fourth-order valence-electron chi connectivity index (χ4n) is 8.92. The zero-order valence-corrected chi connectivity index (χ0v) is 45.8. The molecule has 0 aromatic heterocycles. The van der Waals surface area contributed by atoms with Gasteiger partial charge in [0.25, 0.3) is 7.82 Å². The van der Waals surface area contributed by atoms with Crippen molar-refractivity contribution in [2.24, 2.45) is 0 Å². The number of phosphoric acid groups is 1. The molecular formula is C57H115N2O6P. The van der Waals surface area contributed by atoms with Crippen molar-refractivity contribution in [2.75, 3.05) is 40.9 Å². The van der Waals surface area contributed by atoms with Crippen LogP contribution in [-0.2, 0) is 18.4 Å². The Morgan fingerprint density at radius 3 is 1.18 bits per heavy atom. The summed E-state index contributed by atoms with van der Waals surface area (Å²) in [4.78, 5) is 25.5. The number of hydrogen-bond donors (Lipinski definition) is 2. The third kappa shape index (κ3) is 51.1. The molecule has 0 heterocycles. The Morgan fingerprint density at radius 1 is 0.515 bits per heavy atom. The molecule has 0 radical (unpaired) electrons. The van der Waals surface area contributed by atoms with Gasteiger partial charge in [-0.25, -0.2) is 0 Å². The first-order valence-electron chi connectivity index (χ1n) is 29.0. The van der Waals surface area contributed by atoms with Gasteiger partial charge >= 0.3 is 0 Å². The number of carbonyl (C=O) groups excluding carboxylic acids is 1. The molecule has 9 heteroatoms. The average Bonchev–Trinajstić information content (AvgIpc) is 3.28. The van der Waals surface area contributed by atoms with E-state index in [2.05, 4.69) is 31.3 Å². The van der Waals surface area contributed by atoms with Gasteiger partial charge in [0, 0.05) is 6.42 Å². The van der Waals surface area contributed by atoms with Gasteiger partial charge in [-0.15, -0.1) is 0 Å². The number of quaternary nitrogens is 1. The lowest BCUT2D eigenvalue weighted by atomic mass is 10.0. The zero-order chi connectivity index (χ0) is 48.5. The molecule has 0 rings (SSSR count). The second-order valence-electron chi connectivity index (χ2n) is 21.4. The molecule has 0 bridgehead atoms. The minimum Gasteiger partial charge on any atom is -0.756 e. The van der Waals surface area contributed by atoms with Crippen LogP contribution in [0.5, 0.6) is 0 Å². The fraction of sp³-hybridized carbons (Fsp3) is 0.947. The van der Waals surface area contributed by atoms with Gasteiger partial charge in [0.2, 0.25) is 5.91 Å². The van der Waals surface area contributed by atoms with E-state index in [4.69, 9.17) is 9.05 Å². The highest BCUT2D eigenvalue weighted by Crippen LogP contribution is 2.38. The van der Waals surface area contributed by atoms with Gasteiger partial charge < -0.3 is 28.8 Å². The monoisotopic (exact) mass is 955 g/mol. The Bertz CT molecular complexity index is 1080. The number of phosphoric ester groups is 1. The van der Waals surface area contributed by atoms with Crippen LogP contribution in [0.1, 0.15) is 296 Å².